The highest BCUT2D eigenvalue weighted by molar-refractivity contribution is 5.36. The van der Waals surface area contributed by atoms with Crippen LogP contribution in [0.1, 0.15) is 38.3 Å². The van der Waals surface area contributed by atoms with Crippen LogP contribution in [0.2, 0.25) is 0 Å². The Bertz CT molecular complexity index is 600. The van der Waals surface area contributed by atoms with Crippen LogP contribution in [0.25, 0.3) is 0 Å². The van der Waals surface area contributed by atoms with E-state index in [0.29, 0.717) is 12.1 Å². The summed E-state index contributed by atoms with van der Waals surface area (Å²) in [5.74, 6) is 0. The number of piperazine rings is 1. The van der Waals surface area contributed by atoms with E-state index in [9.17, 15) is 0 Å². The van der Waals surface area contributed by atoms with Gasteiger partial charge < -0.3 is 4.90 Å². The van der Waals surface area contributed by atoms with E-state index >= 15 is 0 Å². The molecule has 3 rings (SSSR count). The summed E-state index contributed by atoms with van der Waals surface area (Å²) >= 11 is 0. The molecule has 0 radical (unpaired) electrons. The average molecular weight is 308 g/mol. The van der Waals surface area contributed by atoms with Crippen LogP contribution in [0.4, 0.5) is 0 Å². The minimum absolute atomic E-state index is 0.377. The van der Waals surface area contributed by atoms with Crippen LogP contribution in [0.5, 0.6) is 0 Å². The smallest absolute Gasteiger partial charge is 0.0599 e. The quantitative estimate of drug-likeness (QED) is 0.805. The molecule has 0 spiro atoms. The third-order valence-corrected chi connectivity index (χ3v) is 4.97. The summed E-state index contributed by atoms with van der Waals surface area (Å²) in [6.07, 6.45) is 9.41. The number of hydrogen-bond acceptors (Lipinski definition) is 2. The van der Waals surface area contributed by atoms with Crippen molar-refractivity contribution in [3.05, 3.63) is 72.0 Å². The molecule has 2 aliphatic rings. The van der Waals surface area contributed by atoms with Crippen molar-refractivity contribution in [3.8, 4) is 0 Å². The fourth-order valence-corrected chi connectivity index (χ4v) is 3.87. The first-order valence-electron chi connectivity index (χ1n) is 8.74. The third-order valence-electron chi connectivity index (χ3n) is 4.97. The molecule has 1 aromatic carbocycles. The van der Waals surface area contributed by atoms with Crippen molar-refractivity contribution in [1.82, 2.24) is 9.80 Å². The first kappa shape index (κ1) is 16.1. The Labute approximate surface area is 140 Å². The molecule has 23 heavy (non-hydrogen) atoms. The molecule has 1 aliphatic heterocycles. The van der Waals surface area contributed by atoms with Gasteiger partial charge in [-0.15, -0.1) is 0 Å². The van der Waals surface area contributed by atoms with Crippen LogP contribution in [-0.4, -0.2) is 35.5 Å². The van der Waals surface area contributed by atoms with Gasteiger partial charge in [-0.3, -0.25) is 4.90 Å². The molecule has 1 unspecified atom stereocenters. The predicted molar refractivity (Wildman–Crippen MR) is 98.2 cm³/mol. The molecule has 122 valence electrons. The van der Waals surface area contributed by atoms with Gasteiger partial charge in [0.2, 0.25) is 0 Å². The predicted octanol–water partition coefficient (Wildman–Crippen LogP) is 4.54. The third kappa shape index (κ3) is 3.59. The molecule has 0 N–H and O–H groups in total. The lowest BCUT2D eigenvalue weighted by Crippen LogP contribution is -2.52. The molecule has 0 saturated carbocycles. The van der Waals surface area contributed by atoms with Crippen LogP contribution >= 0.6 is 0 Å². The van der Waals surface area contributed by atoms with Crippen molar-refractivity contribution in [2.24, 2.45) is 0 Å². The van der Waals surface area contributed by atoms with Gasteiger partial charge in [-0.05, 0) is 37.8 Å². The van der Waals surface area contributed by atoms with Gasteiger partial charge in [0, 0.05) is 31.4 Å². The molecule has 2 atom stereocenters. The molecule has 0 aromatic heterocycles. The lowest BCUT2D eigenvalue weighted by molar-refractivity contribution is 0.0887. The summed E-state index contributed by atoms with van der Waals surface area (Å²) in [6.45, 7) is 11.8. The second-order valence-electron chi connectivity index (χ2n) is 6.77. The maximum Gasteiger partial charge on any atom is 0.0599 e. The number of nitrogens with zero attached hydrogens (tertiary/aromatic N) is 2. The molecule has 1 fully saturated rings. The molecule has 0 bridgehead atoms. The highest BCUT2D eigenvalue weighted by Crippen LogP contribution is 2.33. The van der Waals surface area contributed by atoms with Gasteiger partial charge in [-0.1, -0.05) is 55.1 Å². The fourth-order valence-electron chi connectivity index (χ4n) is 3.87. The van der Waals surface area contributed by atoms with E-state index in [4.69, 9.17) is 0 Å². The Morgan fingerprint density at radius 2 is 1.96 bits per heavy atom. The van der Waals surface area contributed by atoms with Crippen LogP contribution in [0, 0.1) is 0 Å². The Kier molecular flexibility index (Phi) is 5.02. The van der Waals surface area contributed by atoms with Gasteiger partial charge in [-0.2, -0.15) is 0 Å². The number of allylic oxidation sites excluding steroid dienone is 3. The lowest BCUT2D eigenvalue weighted by atomic mass is 9.92. The van der Waals surface area contributed by atoms with Crippen molar-refractivity contribution in [2.45, 2.75) is 38.8 Å². The van der Waals surface area contributed by atoms with Gasteiger partial charge in [-0.25, -0.2) is 0 Å². The Hall–Kier alpha value is -1.80. The normalized spacial score (nSPS) is 23.5. The van der Waals surface area contributed by atoms with E-state index in [1.165, 1.54) is 23.3 Å². The molecule has 2 heteroatoms. The first-order valence-corrected chi connectivity index (χ1v) is 8.74. The fraction of sp³-hybridized carbons (Fsp3) is 0.429. The molecule has 1 saturated heterocycles. The summed E-state index contributed by atoms with van der Waals surface area (Å²) in [7, 11) is 0. The zero-order chi connectivity index (χ0) is 16.2. The van der Waals surface area contributed by atoms with E-state index in [1.54, 1.807) is 0 Å². The maximum atomic E-state index is 4.13. The molecule has 0 amide bonds. The highest BCUT2D eigenvalue weighted by atomic mass is 15.3. The van der Waals surface area contributed by atoms with Crippen LogP contribution in [-0.2, 0) is 0 Å². The van der Waals surface area contributed by atoms with Gasteiger partial charge in [0.05, 0.1) is 6.04 Å². The van der Waals surface area contributed by atoms with Gasteiger partial charge in [0.15, 0.2) is 0 Å². The van der Waals surface area contributed by atoms with Gasteiger partial charge in [0.25, 0.3) is 0 Å². The zero-order valence-electron chi connectivity index (χ0n) is 14.4. The second kappa shape index (κ2) is 7.18. The molecular formula is C21H28N2. The summed E-state index contributed by atoms with van der Waals surface area (Å²) in [4.78, 5) is 5.07. The topological polar surface area (TPSA) is 6.48 Å². The van der Waals surface area contributed by atoms with Crippen LogP contribution < -0.4 is 0 Å². The van der Waals surface area contributed by atoms with E-state index < -0.39 is 0 Å². The van der Waals surface area contributed by atoms with Crippen molar-refractivity contribution in [1.29, 1.82) is 0 Å². The monoisotopic (exact) mass is 308 g/mol. The maximum absolute atomic E-state index is 4.13. The zero-order valence-corrected chi connectivity index (χ0v) is 14.4. The summed E-state index contributed by atoms with van der Waals surface area (Å²) < 4.78 is 0. The van der Waals surface area contributed by atoms with Crippen LogP contribution in [0.3, 0.4) is 0 Å². The van der Waals surface area contributed by atoms with E-state index in [-0.39, 0.29) is 0 Å². The molecular weight excluding hydrogens is 280 g/mol. The first-order chi connectivity index (χ1) is 11.2. The average Bonchev–Trinajstić information content (AvgIpc) is 2.57. The Morgan fingerprint density at radius 3 is 2.57 bits per heavy atom. The molecule has 2 nitrogen and oxygen atoms in total. The highest BCUT2D eigenvalue weighted by Gasteiger charge is 2.30. The van der Waals surface area contributed by atoms with Crippen molar-refractivity contribution >= 4 is 0 Å². The van der Waals surface area contributed by atoms with Gasteiger partial charge >= 0.3 is 0 Å². The number of benzene rings is 1. The SMILES string of the molecule is C=C(C)N1CCN(C(C2=CCCC=C2)c2ccccc2)C[C@H]1C. The van der Waals surface area contributed by atoms with Crippen LogP contribution in [0.15, 0.2) is 66.4 Å². The molecule has 1 heterocycles. The number of rotatable bonds is 4. The van der Waals surface area contributed by atoms with E-state index in [1.807, 2.05) is 0 Å². The molecule has 1 aliphatic carbocycles. The largest absolute Gasteiger partial charge is 0.370 e. The Morgan fingerprint density at radius 1 is 1.17 bits per heavy atom. The van der Waals surface area contributed by atoms with Crippen molar-refractivity contribution in [2.75, 3.05) is 19.6 Å². The van der Waals surface area contributed by atoms with Crippen molar-refractivity contribution < 1.29 is 0 Å². The summed E-state index contributed by atoms with van der Waals surface area (Å²) in [6, 6.07) is 11.8. The summed E-state index contributed by atoms with van der Waals surface area (Å²) in [5, 5.41) is 0. The second-order valence-corrected chi connectivity index (χ2v) is 6.77. The minimum atomic E-state index is 0.377. The molecule has 1 aromatic rings. The van der Waals surface area contributed by atoms with E-state index in [2.05, 4.69) is 78.8 Å². The lowest BCUT2D eigenvalue weighted by Gasteiger charge is -2.45. The van der Waals surface area contributed by atoms with E-state index in [0.717, 1.165) is 26.1 Å². The number of hydrogen-bond donors (Lipinski definition) is 0. The Balaban J connectivity index is 1.86. The standard InChI is InChI=1S/C21H28N2/c1-17(2)23-15-14-22(16-18(23)3)21(19-10-6-4-7-11-19)20-12-8-5-9-13-20/h4,6-8,10-13,18,21H,1,5,9,14-16H2,2-3H3/t18-,21?/m1/s1. The van der Waals surface area contributed by atoms with Gasteiger partial charge in [0.1, 0.15) is 0 Å². The minimum Gasteiger partial charge on any atom is -0.370 e. The summed E-state index contributed by atoms with van der Waals surface area (Å²) in [5.41, 5.74) is 4.05. The van der Waals surface area contributed by atoms with Crippen molar-refractivity contribution in [3.63, 3.8) is 0 Å².